The van der Waals surface area contributed by atoms with Crippen molar-refractivity contribution in [2.45, 2.75) is 19.6 Å². The van der Waals surface area contributed by atoms with E-state index in [0.29, 0.717) is 0 Å². The highest BCUT2D eigenvalue weighted by molar-refractivity contribution is 5.85. The van der Waals surface area contributed by atoms with Gasteiger partial charge in [0.25, 0.3) is 0 Å². The van der Waals surface area contributed by atoms with Gasteiger partial charge in [-0.25, -0.2) is 0 Å². The lowest BCUT2D eigenvalue weighted by atomic mass is 10.1. The number of amides is 2. The van der Waals surface area contributed by atoms with Gasteiger partial charge in [-0.3, -0.25) is 9.59 Å². The molecule has 7 heteroatoms. The molecule has 5 nitrogen and oxygen atoms in total. The van der Waals surface area contributed by atoms with E-state index in [4.69, 9.17) is 0 Å². The summed E-state index contributed by atoms with van der Waals surface area (Å²) in [6.07, 6.45) is 0.208. The van der Waals surface area contributed by atoms with Crippen LogP contribution in [-0.4, -0.2) is 25.0 Å². The van der Waals surface area contributed by atoms with Crippen LogP contribution in [0.1, 0.15) is 11.1 Å². The van der Waals surface area contributed by atoms with Crippen molar-refractivity contribution in [1.82, 2.24) is 10.6 Å². The third-order valence-corrected chi connectivity index (χ3v) is 3.29. The zero-order valence-electron chi connectivity index (χ0n) is 13.4. The second kappa shape index (κ2) is 9.36. The summed E-state index contributed by atoms with van der Waals surface area (Å²) < 4.78 is 28.3. The van der Waals surface area contributed by atoms with E-state index in [-0.39, 0.29) is 37.1 Å². The zero-order valence-corrected chi connectivity index (χ0v) is 13.4. The summed E-state index contributed by atoms with van der Waals surface area (Å²) in [4.78, 5) is 23.5. The van der Waals surface area contributed by atoms with Gasteiger partial charge in [-0.1, -0.05) is 42.5 Å². The topological polar surface area (TPSA) is 67.4 Å². The molecule has 2 rings (SSSR count). The average molecular weight is 348 g/mol. The van der Waals surface area contributed by atoms with Crippen LogP contribution in [0, 0.1) is 0 Å². The third-order valence-electron chi connectivity index (χ3n) is 3.29. The van der Waals surface area contributed by atoms with Gasteiger partial charge in [-0.15, -0.1) is 0 Å². The Labute approximate surface area is 144 Å². The first-order valence-electron chi connectivity index (χ1n) is 7.64. The van der Waals surface area contributed by atoms with E-state index in [2.05, 4.69) is 15.4 Å². The van der Waals surface area contributed by atoms with E-state index in [9.17, 15) is 18.4 Å². The van der Waals surface area contributed by atoms with Crippen LogP contribution in [-0.2, 0) is 22.6 Å². The van der Waals surface area contributed by atoms with E-state index in [1.54, 1.807) is 12.1 Å². The molecule has 0 saturated heterocycles. The minimum atomic E-state index is -2.87. The summed E-state index contributed by atoms with van der Waals surface area (Å²) >= 11 is 0. The molecule has 0 spiro atoms. The SMILES string of the molecule is O=C(CNC(=O)Cc1ccccc1)NCc1ccc(OC(F)F)cc1. The van der Waals surface area contributed by atoms with Crippen molar-refractivity contribution in [3.05, 3.63) is 65.7 Å². The maximum Gasteiger partial charge on any atom is 0.387 e. The molecule has 0 aromatic heterocycles. The standard InChI is InChI=1S/C18H18F2N2O3/c19-18(20)25-15-8-6-14(7-9-15)11-21-17(24)12-22-16(23)10-13-4-2-1-3-5-13/h1-9,18H,10-12H2,(H,21,24)(H,22,23). The summed E-state index contributed by atoms with van der Waals surface area (Å²) in [7, 11) is 0. The molecule has 25 heavy (non-hydrogen) atoms. The molecule has 0 unspecified atom stereocenters. The molecule has 0 bridgehead atoms. The Balaban J connectivity index is 1.69. The zero-order chi connectivity index (χ0) is 18.1. The van der Waals surface area contributed by atoms with Crippen LogP contribution in [0.15, 0.2) is 54.6 Å². The molecule has 2 aromatic rings. The summed E-state index contributed by atoms with van der Waals surface area (Å²) in [6.45, 7) is -2.77. The van der Waals surface area contributed by atoms with Gasteiger partial charge in [0, 0.05) is 6.54 Å². The summed E-state index contributed by atoms with van der Waals surface area (Å²) in [5, 5.41) is 5.18. The van der Waals surface area contributed by atoms with Crippen molar-refractivity contribution in [1.29, 1.82) is 0 Å². The first-order chi connectivity index (χ1) is 12.0. The fourth-order valence-electron chi connectivity index (χ4n) is 2.07. The van der Waals surface area contributed by atoms with Gasteiger partial charge in [0.2, 0.25) is 11.8 Å². The van der Waals surface area contributed by atoms with Crippen molar-refractivity contribution >= 4 is 11.8 Å². The second-order valence-corrected chi connectivity index (χ2v) is 5.24. The summed E-state index contributed by atoms with van der Waals surface area (Å²) in [6, 6.07) is 15.2. The van der Waals surface area contributed by atoms with E-state index >= 15 is 0 Å². The van der Waals surface area contributed by atoms with Crippen LogP contribution in [0.4, 0.5) is 8.78 Å². The van der Waals surface area contributed by atoms with Crippen LogP contribution < -0.4 is 15.4 Å². The largest absolute Gasteiger partial charge is 0.435 e. The molecule has 0 atom stereocenters. The smallest absolute Gasteiger partial charge is 0.387 e. The molecule has 2 amide bonds. The van der Waals surface area contributed by atoms with Gasteiger partial charge >= 0.3 is 6.61 Å². The lowest BCUT2D eigenvalue weighted by Crippen LogP contribution is -2.37. The van der Waals surface area contributed by atoms with Crippen LogP contribution in [0.25, 0.3) is 0 Å². The van der Waals surface area contributed by atoms with Crippen molar-refractivity contribution in [3.63, 3.8) is 0 Å². The monoisotopic (exact) mass is 348 g/mol. The normalized spacial score (nSPS) is 10.4. The predicted molar refractivity (Wildman–Crippen MR) is 88.1 cm³/mol. The van der Waals surface area contributed by atoms with E-state index in [1.807, 2.05) is 30.3 Å². The molecular formula is C18H18F2N2O3. The lowest BCUT2D eigenvalue weighted by Gasteiger charge is -2.08. The Morgan fingerprint density at radius 3 is 2.20 bits per heavy atom. The van der Waals surface area contributed by atoms with Crippen LogP contribution in [0.5, 0.6) is 5.75 Å². The van der Waals surface area contributed by atoms with E-state index < -0.39 is 6.61 Å². The molecule has 0 radical (unpaired) electrons. The number of alkyl halides is 2. The molecule has 0 aliphatic rings. The third kappa shape index (κ3) is 6.99. The molecular weight excluding hydrogens is 330 g/mol. The summed E-state index contributed by atoms with van der Waals surface area (Å²) in [5.41, 5.74) is 1.59. The summed E-state index contributed by atoms with van der Waals surface area (Å²) in [5.74, 6) is -0.526. The molecule has 0 fully saturated rings. The van der Waals surface area contributed by atoms with Gasteiger partial charge in [0.05, 0.1) is 13.0 Å². The van der Waals surface area contributed by atoms with E-state index in [1.165, 1.54) is 12.1 Å². The lowest BCUT2D eigenvalue weighted by molar-refractivity contribution is -0.125. The quantitative estimate of drug-likeness (QED) is 0.769. The van der Waals surface area contributed by atoms with E-state index in [0.717, 1.165) is 11.1 Å². The number of carbonyl (C=O) groups excluding carboxylic acids is 2. The first kappa shape index (κ1) is 18.4. The van der Waals surface area contributed by atoms with Gasteiger partial charge < -0.3 is 15.4 Å². The molecule has 0 heterocycles. The number of nitrogens with one attached hydrogen (secondary N) is 2. The highest BCUT2D eigenvalue weighted by Crippen LogP contribution is 2.14. The van der Waals surface area contributed by atoms with Crippen LogP contribution in [0.3, 0.4) is 0 Å². The Kier molecular flexibility index (Phi) is 6.88. The maximum absolute atomic E-state index is 12.0. The predicted octanol–water partition coefficient (Wildman–Crippen LogP) is 2.26. The number of halogens is 2. The fraction of sp³-hybridized carbons (Fsp3) is 0.222. The maximum atomic E-state index is 12.0. The molecule has 2 aromatic carbocycles. The highest BCUT2D eigenvalue weighted by atomic mass is 19.3. The molecule has 132 valence electrons. The minimum Gasteiger partial charge on any atom is -0.435 e. The average Bonchev–Trinajstić information content (AvgIpc) is 2.60. The Morgan fingerprint density at radius 1 is 0.880 bits per heavy atom. The number of carbonyl (C=O) groups is 2. The Bertz CT molecular complexity index is 691. The number of rotatable bonds is 8. The number of hydrogen-bond donors (Lipinski definition) is 2. The van der Waals surface area contributed by atoms with Gasteiger partial charge in [-0.05, 0) is 23.3 Å². The number of ether oxygens (including phenoxy) is 1. The Hall–Kier alpha value is -2.96. The van der Waals surface area contributed by atoms with Crippen molar-refractivity contribution in [3.8, 4) is 5.75 Å². The van der Waals surface area contributed by atoms with Gasteiger partial charge in [-0.2, -0.15) is 8.78 Å². The molecule has 0 saturated carbocycles. The van der Waals surface area contributed by atoms with Crippen molar-refractivity contribution < 1.29 is 23.1 Å². The van der Waals surface area contributed by atoms with Gasteiger partial charge in [0.1, 0.15) is 5.75 Å². The second-order valence-electron chi connectivity index (χ2n) is 5.24. The highest BCUT2D eigenvalue weighted by Gasteiger charge is 2.07. The van der Waals surface area contributed by atoms with Gasteiger partial charge in [0.15, 0.2) is 0 Å². The number of benzene rings is 2. The molecule has 0 aliphatic heterocycles. The number of hydrogen-bond acceptors (Lipinski definition) is 3. The fourth-order valence-corrected chi connectivity index (χ4v) is 2.07. The van der Waals surface area contributed by atoms with Crippen molar-refractivity contribution in [2.24, 2.45) is 0 Å². The van der Waals surface area contributed by atoms with Crippen molar-refractivity contribution in [2.75, 3.05) is 6.54 Å². The Morgan fingerprint density at radius 2 is 1.56 bits per heavy atom. The molecule has 0 aliphatic carbocycles. The first-order valence-corrected chi connectivity index (χ1v) is 7.64. The molecule has 2 N–H and O–H groups in total. The minimum absolute atomic E-state index is 0.0539. The van der Waals surface area contributed by atoms with Crippen LogP contribution >= 0.6 is 0 Å². The van der Waals surface area contributed by atoms with Crippen LogP contribution in [0.2, 0.25) is 0 Å².